The molecular weight excluding hydrogens is 403 g/mol. The number of nitrogens with one attached hydrogen (secondary N) is 1. The average molecular weight is 431 g/mol. The summed E-state index contributed by atoms with van der Waals surface area (Å²) < 4.78 is 13.2. The van der Waals surface area contributed by atoms with Gasteiger partial charge >= 0.3 is 0 Å². The summed E-state index contributed by atoms with van der Waals surface area (Å²) in [4.78, 5) is 22.7. The summed E-state index contributed by atoms with van der Waals surface area (Å²) in [6.45, 7) is 0. The lowest BCUT2D eigenvalue weighted by Crippen LogP contribution is -2.20. The van der Waals surface area contributed by atoms with Crippen LogP contribution in [0.4, 0.5) is 15.9 Å². The molecule has 1 aromatic heterocycles. The van der Waals surface area contributed by atoms with Crippen molar-refractivity contribution in [1.29, 1.82) is 0 Å². The van der Waals surface area contributed by atoms with Gasteiger partial charge in [0, 0.05) is 11.3 Å². The van der Waals surface area contributed by atoms with Gasteiger partial charge in [0.2, 0.25) is 5.91 Å². The fourth-order valence-electron chi connectivity index (χ4n) is 4.89. The first kappa shape index (κ1) is 20.6. The maximum absolute atomic E-state index is 13.2. The minimum Gasteiger partial charge on any atom is -0.399 e. The Kier molecular flexibility index (Phi) is 5.60. The molecule has 6 heteroatoms. The Labute approximate surface area is 187 Å². The molecule has 3 N–H and O–H groups in total. The predicted molar refractivity (Wildman–Crippen MR) is 124 cm³/mol. The van der Waals surface area contributed by atoms with Crippen LogP contribution in [0.2, 0.25) is 0 Å². The van der Waals surface area contributed by atoms with Gasteiger partial charge in [-0.05, 0) is 60.6 Å². The minimum absolute atomic E-state index is 0.164. The van der Waals surface area contributed by atoms with Gasteiger partial charge < -0.3 is 11.1 Å². The zero-order valence-corrected chi connectivity index (χ0v) is 18.0. The van der Waals surface area contributed by atoms with Crippen LogP contribution in [0.15, 0.2) is 42.5 Å². The van der Waals surface area contributed by atoms with E-state index in [0.717, 1.165) is 53.2 Å². The van der Waals surface area contributed by atoms with Crippen molar-refractivity contribution in [2.45, 2.75) is 51.4 Å². The Morgan fingerprint density at radius 2 is 1.84 bits per heavy atom. The molecule has 1 amide bonds. The van der Waals surface area contributed by atoms with E-state index < -0.39 is 0 Å². The van der Waals surface area contributed by atoms with Crippen LogP contribution in [0.25, 0.3) is 11.3 Å². The number of nitrogen functional groups attached to an aromatic ring is 1. The van der Waals surface area contributed by atoms with Gasteiger partial charge in [-0.25, -0.2) is 14.4 Å². The molecule has 5 nitrogen and oxygen atoms in total. The number of benzene rings is 2. The van der Waals surface area contributed by atoms with Gasteiger partial charge in [0.05, 0.1) is 23.5 Å². The Balaban J connectivity index is 1.46. The van der Waals surface area contributed by atoms with Crippen LogP contribution >= 0.6 is 0 Å². The highest BCUT2D eigenvalue weighted by Gasteiger charge is 2.25. The van der Waals surface area contributed by atoms with E-state index in [4.69, 9.17) is 15.7 Å². The van der Waals surface area contributed by atoms with E-state index in [1.807, 2.05) is 18.2 Å². The lowest BCUT2D eigenvalue weighted by molar-refractivity contribution is -0.115. The van der Waals surface area contributed by atoms with Crippen LogP contribution in [0.3, 0.4) is 0 Å². The minimum atomic E-state index is -0.310. The monoisotopic (exact) mass is 430 g/mol. The number of nitrogens with two attached hydrogens (primary N) is 1. The second-order valence-electron chi connectivity index (χ2n) is 8.94. The molecule has 32 heavy (non-hydrogen) atoms. The quantitative estimate of drug-likeness (QED) is 0.566. The number of carbonyl (C=O) groups excluding carboxylic acids is 1. The Bertz CT molecular complexity index is 1150. The number of amides is 1. The first-order chi connectivity index (χ1) is 15.5. The Morgan fingerprint density at radius 3 is 2.62 bits per heavy atom. The molecule has 0 bridgehead atoms. The van der Waals surface area contributed by atoms with Gasteiger partial charge in [0.15, 0.2) is 5.82 Å². The van der Waals surface area contributed by atoms with Crippen LogP contribution in [0.1, 0.15) is 48.2 Å². The molecule has 1 heterocycles. The lowest BCUT2D eigenvalue weighted by Gasteiger charge is -2.22. The Morgan fingerprint density at radius 1 is 1.06 bits per heavy atom. The molecule has 3 aromatic rings. The fourth-order valence-corrected chi connectivity index (χ4v) is 4.89. The smallest absolute Gasteiger partial charge is 0.229 e. The van der Waals surface area contributed by atoms with E-state index >= 15 is 0 Å². The highest BCUT2D eigenvalue weighted by molar-refractivity contribution is 5.92. The normalized spacial score (nSPS) is 15.3. The maximum Gasteiger partial charge on any atom is 0.229 e. The first-order valence-corrected chi connectivity index (χ1v) is 11.4. The van der Waals surface area contributed by atoms with Crippen molar-refractivity contribution in [3.05, 3.63) is 70.8 Å². The third kappa shape index (κ3) is 4.35. The SMILES string of the molecule is Nc1ccc2c(c1)CCc1nc(NC(=O)Cc3ccc(F)cc3)c(CC3CCCC3)nc1-2. The van der Waals surface area contributed by atoms with E-state index in [2.05, 4.69) is 5.32 Å². The molecular formula is C26H27FN4O. The van der Waals surface area contributed by atoms with Crippen LogP contribution in [-0.2, 0) is 30.5 Å². The highest BCUT2D eigenvalue weighted by atomic mass is 19.1. The van der Waals surface area contributed by atoms with Crippen molar-refractivity contribution < 1.29 is 9.18 Å². The molecule has 1 saturated carbocycles. The zero-order valence-electron chi connectivity index (χ0n) is 18.0. The predicted octanol–water partition coefficient (Wildman–Crippen LogP) is 4.88. The molecule has 1 fully saturated rings. The molecule has 2 aromatic carbocycles. The number of hydrogen-bond donors (Lipinski definition) is 2. The number of aromatic nitrogens is 2. The van der Waals surface area contributed by atoms with Crippen LogP contribution in [-0.4, -0.2) is 15.9 Å². The summed E-state index contributed by atoms with van der Waals surface area (Å²) in [5, 5.41) is 3.00. The number of carbonyl (C=O) groups is 1. The van der Waals surface area contributed by atoms with Gasteiger partial charge in [0.25, 0.3) is 0 Å². The summed E-state index contributed by atoms with van der Waals surface area (Å²) >= 11 is 0. The van der Waals surface area contributed by atoms with Crippen molar-refractivity contribution in [3.8, 4) is 11.3 Å². The fraction of sp³-hybridized carbons (Fsp3) is 0.346. The number of hydrogen-bond acceptors (Lipinski definition) is 4. The maximum atomic E-state index is 13.2. The van der Waals surface area contributed by atoms with Crippen molar-refractivity contribution in [3.63, 3.8) is 0 Å². The van der Waals surface area contributed by atoms with Crippen molar-refractivity contribution >= 4 is 17.4 Å². The van der Waals surface area contributed by atoms with Gasteiger partial charge in [-0.1, -0.05) is 43.9 Å². The highest BCUT2D eigenvalue weighted by Crippen LogP contribution is 2.35. The number of aryl methyl sites for hydroxylation is 2. The molecule has 2 aliphatic carbocycles. The number of anilines is 2. The summed E-state index contributed by atoms with van der Waals surface area (Å²) in [6.07, 6.45) is 7.48. The second-order valence-corrected chi connectivity index (χ2v) is 8.94. The summed E-state index contributed by atoms with van der Waals surface area (Å²) in [6, 6.07) is 12.0. The molecule has 0 spiro atoms. The van der Waals surface area contributed by atoms with E-state index in [1.54, 1.807) is 12.1 Å². The molecule has 0 radical (unpaired) electrons. The van der Waals surface area contributed by atoms with Crippen molar-refractivity contribution in [1.82, 2.24) is 9.97 Å². The van der Waals surface area contributed by atoms with E-state index in [0.29, 0.717) is 11.7 Å². The van der Waals surface area contributed by atoms with Crippen molar-refractivity contribution in [2.75, 3.05) is 11.1 Å². The second kappa shape index (κ2) is 8.69. The molecule has 0 atom stereocenters. The number of halogens is 1. The number of rotatable bonds is 5. The molecule has 5 rings (SSSR count). The van der Waals surface area contributed by atoms with Crippen LogP contribution in [0, 0.1) is 11.7 Å². The van der Waals surface area contributed by atoms with E-state index in [9.17, 15) is 9.18 Å². The molecule has 0 aliphatic heterocycles. The standard InChI is InChI=1S/C26H27FN4O/c27-19-8-5-17(6-9-19)14-24(32)31-26-23(13-16-3-1-2-4-16)29-25-21-11-10-20(28)15-18(21)7-12-22(25)30-26/h5-6,8-11,15-16H,1-4,7,12-14,28H2,(H,30,31,32). The lowest BCUT2D eigenvalue weighted by atomic mass is 9.91. The summed E-state index contributed by atoms with van der Waals surface area (Å²) in [7, 11) is 0. The van der Waals surface area contributed by atoms with Gasteiger partial charge in [-0.2, -0.15) is 0 Å². The van der Waals surface area contributed by atoms with Gasteiger partial charge in [-0.3, -0.25) is 4.79 Å². The molecule has 0 unspecified atom stereocenters. The average Bonchev–Trinajstić information content (AvgIpc) is 3.29. The van der Waals surface area contributed by atoms with Crippen LogP contribution in [0.5, 0.6) is 0 Å². The third-order valence-electron chi connectivity index (χ3n) is 6.55. The molecule has 0 saturated heterocycles. The van der Waals surface area contributed by atoms with E-state index in [-0.39, 0.29) is 18.1 Å². The third-order valence-corrected chi connectivity index (χ3v) is 6.55. The number of fused-ring (bicyclic) bond motifs is 3. The number of nitrogens with zero attached hydrogens (tertiary/aromatic N) is 2. The largest absolute Gasteiger partial charge is 0.399 e. The van der Waals surface area contributed by atoms with E-state index in [1.165, 1.54) is 43.4 Å². The van der Waals surface area contributed by atoms with Crippen molar-refractivity contribution in [2.24, 2.45) is 5.92 Å². The zero-order chi connectivity index (χ0) is 22.1. The summed E-state index contributed by atoms with van der Waals surface area (Å²) in [5.41, 5.74) is 12.5. The topological polar surface area (TPSA) is 80.9 Å². The molecule has 2 aliphatic rings. The van der Waals surface area contributed by atoms with Gasteiger partial charge in [0.1, 0.15) is 5.82 Å². The Hall–Kier alpha value is -3.28. The first-order valence-electron chi connectivity index (χ1n) is 11.4. The van der Waals surface area contributed by atoms with Gasteiger partial charge in [-0.15, -0.1) is 0 Å². The molecule has 164 valence electrons. The van der Waals surface area contributed by atoms with Crippen LogP contribution < -0.4 is 11.1 Å². The summed E-state index contributed by atoms with van der Waals surface area (Å²) in [5.74, 6) is 0.671.